The maximum Gasteiger partial charge on any atom is 0.221 e. The van der Waals surface area contributed by atoms with Gasteiger partial charge in [0.2, 0.25) is 5.88 Å². The average Bonchev–Trinajstić information content (AvgIpc) is 2.98. The highest BCUT2D eigenvalue weighted by Crippen LogP contribution is 2.27. The Balaban J connectivity index is 1.86. The van der Waals surface area contributed by atoms with Gasteiger partial charge in [0.25, 0.3) is 0 Å². The second-order valence-electron chi connectivity index (χ2n) is 4.83. The van der Waals surface area contributed by atoms with Crippen LogP contribution in [-0.2, 0) is 11.3 Å². The second kappa shape index (κ2) is 5.55. The minimum atomic E-state index is -0.00966. The molecule has 19 heavy (non-hydrogen) atoms. The maximum atomic E-state index is 9.33. The summed E-state index contributed by atoms with van der Waals surface area (Å²) in [6.45, 7) is 2.22. The lowest BCUT2D eigenvalue weighted by Crippen LogP contribution is -2.12. The van der Waals surface area contributed by atoms with E-state index in [0.29, 0.717) is 18.4 Å². The van der Waals surface area contributed by atoms with Crippen molar-refractivity contribution >= 4 is 10.8 Å². The molecule has 0 radical (unpaired) electrons. The molecule has 0 saturated carbocycles. The first-order valence-corrected chi connectivity index (χ1v) is 6.56. The summed E-state index contributed by atoms with van der Waals surface area (Å²) in [7, 11) is 0. The first-order chi connectivity index (χ1) is 9.38. The second-order valence-corrected chi connectivity index (χ2v) is 4.83. The number of rotatable bonds is 4. The van der Waals surface area contributed by atoms with Crippen molar-refractivity contribution < 1.29 is 14.6 Å². The Morgan fingerprint density at radius 2 is 2.16 bits per heavy atom. The molecule has 2 aromatic rings. The number of nitrogens with zero attached hydrogens (tertiary/aromatic N) is 1. The van der Waals surface area contributed by atoms with E-state index in [1.165, 1.54) is 0 Å². The highest BCUT2D eigenvalue weighted by Gasteiger charge is 2.17. The zero-order valence-corrected chi connectivity index (χ0v) is 10.7. The molecular formula is C15H17NO3. The van der Waals surface area contributed by atoms with Gasteiger partial charge in [0.1, 0.15) is 0 Å². The number of hydrogen-bond acceptors (Lipinski definition) is 4. The van der Waals surface area contributed by atoms with Gasteiger partial charge in [-0.25, -0.2) is 4.98 Å². The molecule has 1 aromatic carbocycles. The Labute approximate surface area is 112 Å². The molecule has 0 bridgehead atoms. The number of aromatic nitrogens is 1. The van der Waals surface area contributed by atoms with E-state index in [-0.39, 0.29) is 6.61 Å². The lowest BCUT2D eigenvalue weighted by molar-refractivity contribution is 0.166. The van der Waals surface area contributed by atoms with E-state index in [0.717, 1.165) is 36.0 Å². The van der Waals surface area contributed by atoms with Gasteiger partial charge in [-0.15, -0.1) is 0 Å². The summed E-state index contributed by atoms with van der Waals surface area (Å²) in [4.78, 5) is 4.32. The van der Waals surface area contributed by atoms with Crippen molar-refractivity contribution in [2.45, 2.75) is 13.0 Å². The van der Waals surface area contributed by atoms with Crippen LogP contribution in [0.15, 0.2) is 30.5 Å². The molecule has 1 N–H and O–H groups in total. The topological polar surface area (TPSA) is 51.6 Å². The standard InChI is InChI=1S/C15H17NO3/c17-8-12-7-16-15(14-4-2-1-3-13(12)14)19-10-11-5-6-18-9-11/h1-4,7,11,17H,5-6,8-10H2. The Morgan fingerprint density at radius 1 is 1.32 bits per heavy atom. The fourth-order valence-corrected chi connectivity index (χ4v) is 2.38. The largest absolute Gasteiger partial charge is 0.477 e. The summed E-state index contributed by atoms with van der Waals surface area (Å²) in [5, 5.41) is 11.3. The zero-order chi connectivity index (χ0) is 13.1. The average molecular weight is 259 g/mol. The fraction of sp³-hybridized carbons (Fsp3) is 0.400. The highest BCUT2D eigenvalue weighted by molar-refractivity contribution is 5.89. The molecule has 1 aliphatic heterocycles. The van der Waals surface area contributed by atoms with Crippen molar-refractivity contribution in [2.24, 2.45) is 5.92 Å². The molecule has 1 atom stereocenters. The highest BCUT2D eigenvalue weighted by atomic mass is 16.5. The SMILES string of the molecule is OCc1cnc(OCC2CCOC2)c2ccccc12. The van der Waals surface area contributed by atoms with Crippen LogP contribution in [0.4, 0.5) is 0 Å². The van der Waals surface area contributed by atoms with Crippen molar-refractivity contribution in [2.75, 3.05) is 19.8 Å². The fourth-order valence-electron chi connectivity index (χ4n) is 2.38. The molecule has 1 aromatic heterocycles. The maximum absolute atomic E-state index is 9.33. The lowest BCUT2D eigenvalue weighted by atomic mass is 10.1. The van der Waals surface area contributed by atoms with Gasteiger partial charge in [-0.2, -0.15) is 0 Å². The number of aliphatic hydroxyl groups excluding tert-OH is 1. The van der Waals surface area contributed by atoms with Crippen LogP contribution < -0.4 is 4.74 Å². The normalized spacial score (nSPS) is 18.9. The summed E-state index contributed by atoms with van der Waals surface area (Å²) >= 11 is 0. The van der Waals surface area contributed by atoms with Gasteiger partial charge in [0.05, 0.1) is 19.8 Å². The summed E-state index contributed by atoms with van der Waals surface area (Å²) in [5.74, 6) is 1.10. The van der Waals surface area contributed by atoms with Crippen LogP contribution in [0.25, 0.3) is 10.8 Å². The molecule has 4 nitrogen and oxygen atoms in total. The quantitative estimate of drug-likeness (QED) is 0.914. The van der Waals surface area contributed by atoms with Crippen LogP contribution in [0, 0.1) is 5.92 Å². The molecule has 4 heteroatoms. The predicted octanol–water partition coefficient (Wildman–Crippen LogP) is 2.14. The first-order valence-electron chi connectivity index (χ1n) is 6.56. The Kier molecular flexibility index (Phi) is 3.62. The van der Waals surface area contributed by atoms with Gasteiger partial charge in [0.15, 0.2) is 0 Å². The van der Waals surface area contributed by atoms with Crippen LogP contribution in [0.5, 0.6) is 5.88 Å². The van der Waals surface area contributed by atoms with Crippen LogP contribution in [0.3, 0.4) is 0 Å². The minimum Gasteiger partial charge on any atom is -0.477 e. The number of benzene rings is 1. The van der Waals surface area contributed by atoms with E-state index in [9.17, 15) is 5.11 Å². The number of ether oxygens (including phenoxy) is 2. The van der Waals surface area contributed by atoms with Gasteiger partial charge in [0, 0.05) is 29.7 Å². The first kappa shape index (κ1) is 12.4. The molecule has 100 valence electrons. The summed E-state index contributed by atoms with van der Waals surface area (Å²) in [5.41, 5.74) is 0.826. The Bertz CT molecular complexity index is 564. The van der Waals surface area contributed by atoms with Gasteiger partial charge in [-0.3, -0.25) is 0 Å². The predicted molar refractivity (Wildman–Crippen MR) is 72.1 cm³/mol. The Morgan fingerprint density at radius 3 is 2.89 bits per heavy atom. The third-order valence-corrected chi connectivity index (χ3v) is 3.49. The molecule has 0 spiro atoms. The number of fused-ring (bicyclic) bond motifs is 1. The number of hydrogen-bond donors (Lipinski definition) is 1. The zero-order valence-electron chi connectivity index (χ0n) is 10.7. The number of pyridine rings is 1. The molecule has 1 saturated heterocycles. The Hall–Kier alpha value is -1.65. The summed E-state index contributed by atoms with van der Waals surface area (Å²) in [6, 6.07) is 7.86. The number of aliphatic hydroxyl groups is 1. The minimum absolute atomic E-state index is 0.00966. The lowest BCUT2D eigenvalue weighted by Gasteiger charge is -2.12. The molecule has 2 heterocycles. The van der Waals surface area contributed by atoms with Crippen LogP contribution in [0.1, 0.15) is 12.0 Å². The monoisotopic (exact) mass is 259 g/mol. The van der Waals surface area contributed by atoms with E-state index in [1.54, 1.807) is 6.20 Å². The van der Waals surface area contributed by atoms with Gasteiger partial charge in [-0.1, -0.05) is 18.2 Å². The van der Waals surface area contributed by atoms with Crippen molar-refractivity contribution in [1.82, 2.24) is 4.98 Å². The summed E-state index contributed by atoms with van der Waals surface area (Å²) in [6.07, 6.45) is 2.73. The third-order valence-electron chi connectivity index (χ3n) is 3.49. The van der Waals surface area contributed by atoms with Crippen molar-refractivity contribution in [1.29, 1.82) is 0 Å². The van der Waals surface area contributed by atoms with Crippen molar-refractivity contribution in [3.05, 3.63) is 36.0 Å². The van der Waals surface area contributed by atoms with Crippen molar-refractivity contribution in [3.8, 4) is 5.88 Å². The van der Waals surface area contributed by atoms with Crippen LogP contribution in [0.2, 0.25) is 0 Å². The molecule has 0 amide bonds. The molecule has 1 fully saturated rings. The van der Waals surface area contributed by atoms with Gasteiger partial charge < -0.3 is 14.6 Å². The van der Waals surface area contributed by atoms with E-state index in [4.69, 9.17) is 9.47 Å². The van der Waals surface area contributed by atoms with Crippen LogP contribution >= 0.6 is 0 Å². The molecule has 0 aliphatic carbocycles. The smallest absolute Gasteiger partial charge is 0.221 e. The van der Waals surface area contributed by atoms with Crippen molar-refractivity contribution in [3.63, 3.8) is 0 Å². The summed E-state index contributed by atoms with van der Waals surface area (Å²) < 4.78 is 11.2. The van der Waals surface area contributed by atoms with E-state index in [1.807, 2.05) is 24.3 Å². The third kappa shape index (κ3) is 2.55. The molecule has 3 rings (SSSR count). The molecule has 1 unspecified atom stereocenters. The van der Waals surface area contributed by atoms with Gasteiger partial charge >= 0.3 is 0 Å². The molecule has 1 aliphatic rings. The van der Waals surface area contributed by atoms with E-state index in [2.05, 4.69) is 4.98 Å². The van der Waals surface area contributed by atoms with E-state index >= 15 is 0 Å². The van der Waals surface area contributed by atoms with Crippen LogP contribution in [-0.4, -0.2) is 29.9 Å². The van der Waals surface area contributed by atoms with E-state index < -0.39 is 0 Å². The van der Waals surface area contributed by atoms with Gasteiger partial charge in [-0.05, 0) is 17.9 Å². The molecular weight excluding hydrogens is 242 g/mol.